The lowest BCUT2D eigenvalue weighted by atomic mass is 10.1. The molecular weight excluding hydrogens is 332 g/mol. The van der Waals surface area contributed by atoms with Gasteiger partial charge in [-0.25, -0.2) is 0 Å². The Morgan fingerprint density at radius 1 is 1.15 bits per heavy atom. The number of rotatable bonds is 5. The maximum Gasteiger partial charge on any atom is 0.229 e. The number of ether oxygens (including phenoxy) is 1. The van der Waals surface area contributed by atoms with Gasteiger partial charge in [0.15, 0.2) is 5.78 Å². The van der Waals surface area contributed by atoms with Gasteiger partial charge >= 0.3 is 0 Å². The van der Waals surface area contributed by atoms with Crippen molar-refractivity contribution in [1.82, 2.24) is 0 Å². The van der Waals surface area contributed by atoms with E-state index in [9.17, 15) is 14.4 Å². The number of amides is 2. The molecule has 1 N–H and O–H groups in total. The van der Waals surface area contributed by atoms with Crippen molar-refractivity contribution in [2.45, 2.75) is 13.3 Å². The first-order valence-corrected chi connectivity index (χ1v) is 8.34. The monoisotopic (exact) mass is 352 g/mol. The van der Waals surface area contributed by atoms with Crippen LogP contribution in [0.15, 0.2) is 48.5 Å². The molecule has 1 saturated heterocycles. The molecule has 1 aliphatic heterocycles. The van der Waals surface area contributed by atoms with Gasteiger partial charge in [0.25, 0.3) is 0 Å². The first-order valence-electron chi connectivity index (χ1n) is 8.34. The Bertz CT molecular complexity index is 862. The van der Waals surface area contributed by atoms with Crippen LogP contribution in [0.3, 0.4) is 0 Å². The molecule has 0 aromatic heterocycles. The van der Waals surface area contributed by atoms with E-state index < -0.39 is 5.92 Å². The highest BCUT2D eigenvalue weighted by atomic mass is 16.5. The second-order valence-electron chi connectivity index (χ2n) is 6.23. The zero-order chi connectivity index (χ0) is 18.7. The summed E-state index contributed by atoms with van der Waals surface area (Å²) in [5, 5.41) is 2.80. The lowest BCUT2D eigenvalue weighted by Crippen LogP contribution is -2.28. The van der Waals surface area contributed by atoms with Gasteiger partial charge in [0.05, 0.1) is 13.0 Å². The van der Waals surface area contributed by atoms with Crippen LogP contribution in [-0.2, 0) is 9.59 Å². The summed E-state index contributed by atoms with van der Waals surface area (Å²) in [4.78, 5) is 37.9. The quantitative estimate of drug-likeness (QED) is 0.840. The van der Waals surface area contributed by atoms with Crippen LogP contribution in [-0.4, -0.2) is 31.3 Å². The van der Waals surface area contributed by atoms with Crippen LogP contribution in [0.5, 0.6) is 5.75 Å². The average molecular weight is 352 g/mol. The minimum absolute atomic E-state index is 0.0682. The van der Waals surface area contributed by atoms with E-state index in [1.54, 1.807) is 48.4 Å². The smallest absolute Gasteiger partial charge is 0.229 e. The Balaban J connectivity index is 1.71. The molecule has 6 heteroatoms. The van der Waals surface area contributed by atoms with Crippen molar-refractivity contribution >= 4 is 29.0 Å². The number of anilines is 2. The molecule has 0 unspecified atom stereocenters. The van der Waals surface area contributed by atoms with Crippen LogP contribution in [0.1, 0.15) is 23.7 Å². The Hall–Kier alpha value is -3.15. The van der Waals surface area contributed by atoms with Crippen LogP contribution in [0.2, 0.25) is 0 Å². The Morgan fingerprint density at radius 2 is 1.92 bits per heavy atom. The van der Waals surface area contributed by atoms with Crippen molar-refractivity contribution in [3.63, 3.8) is 0 Å². The number of nitrogens with one attached hydrogen (secondary N) is 1. The number of benzene rings is 2. The number of nitrogens with zero attached hydrogens (tertiary/aromatic N) is 1. The van der Waals surface area contributed by atoms with Gasteiger partial charge in [-0.2, -0.15) is 0 Å². The molecule has 0 saturated carbocycles. The number of ketones is 1. The molecule has 1 heterocycles. The summed E-state index contributed by atoms with van der Waals surface area (Å²) >= 11 is 0. The molecule has 2 amide bonds. The van der Waals surface area contributed by atoms with Gasteiger partial charge in [0, 0.05) is 36.0 Å². The average Bonchev–Trinajstić information content (AvgIpc) is 3.04. The highest BCUT2D eigenvalue weighted by Crippen LogP contribution is 2.28. The fourth-order valence-electron chi connectivity index (χ4n) is 2.97. The minimum Gasteiger partial charge on any atom is -0.497 e. The van der Waals surface area contributed by atoms with E-state index in [0.717, 1.165) is 0 Å². The largest absolute Gasteiger partial charge is 0.497 e. The number of carbonyl (C=O) groups excluding carboxylic acids is 3. The minimum atomic E-state index is -0.449. The highest BCUT2D eigenvalue weighted by molar-refractivity contribution is 6.04. The summed E-state index contributed by atoms with van der Waals surface area (Å²) in [6.07, 6.45) is 0.148. The molecule has 134 valence electrons. The standard InChI is InChI=1S/C20H20N2O4/c1-13(23)14-5-3-6-16(9-14)21-20(25)15-10-19(24)22(12-15)17-7-4-8-18(11-17)26-2/h3-9,11,15H,10,12H2,1-2H3,(H,21,25)/t15-/m0/s1. The van der Waals surface area contributed by atoms with Gasteiger partial charge in [-0.1, -0.05) is 18.2 Å². The van der Waals surface area contributed by atoms with E-state index in [4.69, 9.17) is 4.74 Å². The molecule has 1 aliphatic rings. The Labute approximate surface area is 151 Å². The van der Waals surface area contributed by atoms with Crippen molar-refractivity contribution in [2.75, 3.05) is 23.9 Å². The van der Waals surface area contributed by atoms with Crippen LogP contribution >= 0.6 is 0 Å². The molecule has 6 nitrogen and oxygen atoms in total. The molecule has 0 bridgehead atoms. The summed E-state index contributed by atoms with van der Waals surface area (Å²) in [7, 11) is 1.57. The molecule has 2 aromatic rings. The van der Waals surface area contributed by atoms with E-state index in [0.29, 0.717) is 29.2 Å². The summed E-state index contributed by atoms with van der Waals surface area (Å²) < 4.78 is 5.19. The van der Waals surface area contributed by atoms with E-state index in [2.05, 4.69) is 5.32 Å². The van der Waals surface area contributed by atoms with E-state index in [1.165, 1.54) is 6.92 Å². The molecule has 2 aromatic carbocycles. The first-order chi connectivity index (χ1) is 12.5. The zero-order valence-electron chi connectivity index (χ0n) is 14.7. The molecule has 26 heavy (non-hydrogen) atoms. The van der Waals surface area contributed by atoms with Crippen LogP contribution in [0, 0.1) is 5.92 Å². The lowest BCUT2D eigenvalue weighted by molar-refractivity contribution is -0.122. The maximum atomic E-state index is 12.5. The lowest BCUT2D eigenvalue weighted by Gasteiger charge is -2.17. The first kappa shape index (κ1) is 17.7. The fraction of sp³-hybridized carbons (Fsp3) is 0.250. The van der Waals surface area contributed by atoms with Crippen LogP contribution in [0.25, 0.3) is 0 Å². The molecule has 3 rings (SSSR count). The molecule has 0 radical (unpaired) electrons. The normalized spacial score (nSPS) is 16.5. The third-order valence-corrected chi connectivity index (χ3v) is 4.40. The Morgan fingerprint density at radius 3 is 2.65 bits per heavy atom. The van der Waals surface area contributed by atoms with Gasteiger partial charge in [0.2, 0.25) is 11.8 Å². The van der Waals surface area contributed by atoms with Crippen molar-refractivity contribution in [3.8, 4) is 5.75 Å². The third kappa shape index (κ3) is 3.74. The maximum absolute atomic E-state index is 12.5. The number of Topliss-reactive ketones (excluding diaryl/α,β-unsaturated/α-hetero) is 1. The topological polar surface area (TPSA) is 75.7 Å². The second-order valence-corrected chi connectivity index (χ2v) is 6.23. The molecular formula is C20H20N2O4. The zero-order valence-corrected chi connectivity index (χ0v) is 14.7. The predicted molar refractivity (Wildman–Crippen MR) is 98.5 cm³/mol. The Kier molecular flexibility index (Phi) is 5.02. The van der Waals surface area contributed by atoms with E-state index in [1.807, 2.05) is 12.1 Å². The molecule has 1 atom stereocenters. The van der Waals surface area contributed by atoms with E-state index in [-0.39, 0.29) is 24.0 Å². The summed E-state index contributed by atoms with van der Waals surface area (Å²) in [5.41, 5.74) is 1.79. The van der Waals surface area contributed by atoms with Crippen molar-refractivity contribution in [3.05, 3.63) is 54.1 Å². The summed E-state index contributed by atoms with van der Waals surface area (Å²) in [6.45, 7) is 1.78. The third-order valence-electron chi connectivity index (χ3n) is 4.40. The van der Waals surface area contributed by atoms with Crippen molar-refractivity contribution in [1.29, 1.82) is 0 Å². The summed E-state index contributed by atoms with van der Waals surface area (Å²) in [6, 6.07) is 14.0. The van der Waals surface area contributed by atoms with Gasteiger partial charge in [-0.3, -0.25) is 14.4 Å². The van der Waals surface area contributed by atoms with Crippen molar-refractivity contribution in [2.24, 2.45) is 5.92 Å². The number of hydrogen-bond acceptors (Lipinski definition) is 4. The number of hydrogen-bond donors (Lipinski definition) is 1. The SMILES string of the molecule is COc1cccc(N2C[C@@H](C(=O)Nc3cccc(C(C)=O)c3)CC2=O)c1. The van der Waals surface area contributed by atoms with Crippen LogP contribution in [0.4, 0.5) is 11.4 Å². The predicted octanol–water partition coefficient (Wildman–Crippen LogP) is 2.89. The fourth-order valence-corrected chi connectivity index (χ4v) is 2.97. The van der Waals surface area contributed by atoms with Crippen LogP contribution < -0.4 is 15.0 Å². The molecule has 0 aliphatic carbocycles. The molecule has 0 spiro atoms. The van der Waals surface area contributed by atoms with E-state index >= 15 is 0 Å². The number of carbonyl (C=O) groups is 3. The van der Waals surface area contributed by atoms with Gasteiger partial charge in [0.1, 0.15) is 5.75 Å². The van der Waals surface area contributed by atoms with Gasteiger partial charge < -0.3 is 15.0 Å². The van der Waals surface area contributed by atoms with Gasteiger partial charge in [-0.05, 0) is 31.2 Å². The summed E-state index contributed by atoms with van der Waals surface area (Å²) in [5.74, 6) is -0.194. The number of methoxy groups -OCH3 is 1. The van der Waals surface area contributed by atoms with Crippen molar-refractivity contribution < 1.29 is 19.1 Å². The second kappa shape index (κ2) is 7.39. The highest BCUT2D eigenvalue weighted by Gasteiger charge is 2.35. The van der Waals surface area contributed by atoms with Gasteiger partial charge in [-0.15, -0.1) is 0 Å². The molecule has 1 fully saturated rings.